The molecule has 0 spiro atoms. The van der Waals surface area contributed by atoms with Crippen LogP contribution in [0.25, 0.3) is 117 Å². The maximum absolute atomic E-state index is 7.09. The number of hydrogen-bond acceptors (Lipinski definition) is 5. The molecule has 0 aliphatic heterocycles. The van der Waals surface area contributed by atoms with Crippen molar-refractivity contribution in [1.29, 1.82) is 0 Å². The third kappa shape index (κ3) is 5.50. The van der Waals surface area contributed by atoms with Gasteiger partial charge < -0.3 is 4.42 Å². The quantitative estimate of drug-likeness (QED) is 0.168. The van der Waals surface area contributed by atoms with Gasteiger partial charge in [0.15, 0.2) is 23.1 Å². The Morgan fingerprint density at radius 3 is 1.57 bits per heavy atom. The van der Waals surface area contributed by atoms with Crippen LogP contribution in [0.1, 0.15) is 0 Å². The van der Waals surface area contributed by atoms with Gasteiger partial charge in [-0.25, -0.2) is 19.9 Å². The first-order chi connectivity index (χ1) is 29.7. The summed E-state index contributed by atoms with van der Waals surface area (Å²) >= 11 is 0. The Bertz CT molecular complexity index is 3510. The fourth-order valence-electron chi connectivity index (χ4n) is 8.62. The van der Waals surface area contributed by atoms with Crippen LogP contribution in [0.4, 0.5) is 0 Å². The third-order valence-electron chi connectivity index (χ3n) is 11.5. The van der Waals surface area contributed by atoms with Gasteiger partial charge in [-0.1, -0.05) is 176 Å². The van der Waals surface area contributed by atoms with Crippen molar-refractivity contribution in [2.45, 2.75) is 0 Å². The Balaban J connectivity index is 0.965. The van der Waals surface area contributed by atoms with Crippen molar-refractivity contribution in [2.75, 3.05) is 0 Å². The smallest absolute Gasteiger partial charge is 0.213 e. The predicted molar refractivity (Wildman–Crippen MR) is 244 cm³/mol. The highest BCUT2D eigenvalue weighted by atomic mass is 16.3. The van der Waals surface area contributed by atoms with E-state index in [0.717, 1.165) is 94.0 Å². The number of pyridine rings is 1. The molecule has 6 heteroatoms. The van der Waals surface area contributed by atoms with Crippen LogP contribution < -0.4 is 0 Å². The zero-order valence-corrected chi connectivity index (χ0v) is 32.2. The van der Waals surface area contributed by atoms with Crippen LogP contribution in [-0.4, -0.2) is 24.5 Å². The molecule has 0 atom stereocenters. The largest absolute Gasteiger partial charge is 0.437 e. The molecule has 280 valence electrons. The molecule has 0 saturated heterocycles. The van der Waals surface area contributed by atoms with E-state index in [1.165, 1.54) is 5.39 Å². The average Bonchev–Trinajstić information content (AvgIpc) is 3.87. The van der Waals surface area contributed by atoms with Crippen molar-refractivity contribution in [3.8, 4) is 62.2 Å². The topological polar surface area (TPSA) is 69.6 Å². The summed E-state index contributed by atoms with van der Waals surface area (Å²) < 4.78 is 9.34. The maximum Gasteiger partial charge on any atom is 0.213 e. The third-order valence-corrected chi connectivity index (χ3v) is 11.5. The van der Waals surface area contributed by atoms with Crippen molar-refractivity contribution >= 4 is 54.6 Å². The van der Waals surface area contributed by atoms with Gasteiger partial charge in [-0.05, 0) is 46.2 Å². The Hall–Kier alpha value is -8.22. The van der Waals surface area contributed by atoms with E-state index in [1.54, 1.807) is 0 Å². The SMILES string of the molecule is c1ccc(-c2nc(-c3ccccc3)nc(-c3ccc(-c4ccc(-n5c6ccccc6c6c7c(oc65)c(-c5cccc6ccccc56)nc5ccccc57)cc4)cc3)n2)cc1. The minimum atomic E-state index is 0.630. The number of para-hydroxylation sites is 2. The summed E-state index contributed by atoms with van der Waals surface area (Å²) in [5.41, 5.74) is 11.5. The van der Waals surface area contributed by atoms with Crippen LogP contribution in [0, 0.1) is 0 Å². The second-order valence-corrected chi connectivity index (χ2v) is 15.0. The van der Waals surface area contributed by atoms with Gasteiger partial charge in [0, 0.05) is 44.1 Å². The average molecular weight is 768 g/mol. The van der Waals surface area contributed by atoms with Crippen LogP contribution >= 0.6 is 0 Å². The first-order valence-electron chi connectivity index (χ1n) is 20.1. The van der Waals surface area contributed by atoms with Gasteiger partial charge in [0.25, 0.3) is 0 Å². The zero-order chi connectivity index (χ0) is 39.6. The molecule has 12 rings (SSSR count). The normalized spacial score (nSPS) is 11.7. The van der Waals surface area contributed by atoms with Crippen molar-refractivity contribution in [3.05, 3.63) is 200 Å². The van der Waals surface area contributed by atoms with Gasteiger partial charge in [-0.15, -0.1) is 0 Å². The van der Waals surface area contributed by atoms with Gasteiger partial charge in [-0.2, -0.15) is 0 Å². The van der Waals surface area contributed by atoms with Gasteiger partial charge in [-0.3, -0.25) is 4.57 Å². The lowest BCUT2D eigenvalue weighted by Gasteiger charge is -2.10. The number of benzene rings is 8. The number of hydrogen-bond donors (Lipinski definition) is 0. The molecule has 0 unspecified atom stereocenters. The number of aromatic nitrogens is 5. The van der Waals surface area contributed by atoms with E-state index in [0.29, 0.717) is 17.5 Å². The molecule has 0 saturated carbocycles. The Morgan fingerprint density at radius 1 is 0.367 bits per heavy atom. The molecule has 0 aliphatic rings. The molecule has 0 fully saturated rings. The number of fused-ring (bicyclic) bond motifs is 8. The van der Waals surface area contributed by atoms with Crippen molar-refractivity contribution < 1.29 is 4.42 Å². The van der Waals surface area contributed by atoms with Crippen molar-refractivity contribution in [3.63, 3.8) is 0 Å². The first kappa shape index (κ1) is 33.9. The van der Waals surface area contributed by atoms with Gasteiger partial charge in [0.2, 0.25) is 5.71 Å². The van der Waals surface area contributed by atoms with Crippen LogP contribution in [0.2, 0.25) is 0 Å². The van der Waals surface area contributed by atoms with E-state index < -0.39 is 0 Å². The summed E-state index contributed by atoms with van der Waals surface area (Å²) in [6.45, 7) is 0. The predicted octanol–water partition coefficient (Wildman–Crippen LogP) is 13.8. The van der Waals surface area contributed by atoms with Gasteiger partial charge in [0.1, 0.15) is 5.69 Å². The molecule has 0 aliphatic carbocycles. The first-order valence-corrected chi connectivity index (χ1v) is 20.1. The van der Waals surface area contributed by atoms with Crippen LogP contribution in [0.3, 0.4) is 0 Å². The number of rotatable bonds is 6. The summed E-state index contributed by atoms with van der Waals surface area (Å²) in [6, 6.07) is 69.1. The summed E-state index contributed by atoms with van der Waals surface area (Å²) in [6.07, 6.45) is 0. The second-order valence-electron chi connectivity index (χ2n) is 15.0. The lowest BCUT2D eigenvalue weighted by molar-refractivity contribution is 0.645. The molecular formula is C54H33N5O. The minimum Gasteiger partial charge on any atom is -0.437 e. The molecule has 4 aromatic heterocycles. The highest BCUT2D eigenvalue weighted by molar-refractivity contribution is 6.28. The minimum absolute atomic E-state index is 0.630. The van der Waals surface area contributed by atoms with Crippen molar-refractivity contribution in [2.24, 2.45) is 0 Å². The van der Waals surface area contributed by atoms with E-state index in [4.69, 9.17) is 24.4 Å². The molecule has 60 heavy (non-hydrogen) atoms. The number of furan rings is 1. The van der Waals surface area contributed by atoms with E-state index in [-0.39, 0.29) is 0 Å². The monoisotopic (exact) mass is 767 g/mol. The van der Waals surface area contributed by atoms with Gasteiger partial charge >= 0.3 is 0 Å². The van der Waals surface area contributed by atoms with E-state index in [9.17, 15) is 0 Å². The molecule has 8 aromatic carbocycles. The zero-order valence-electron chi connectivity index (χ0n) is 32.2. The highest BCUT2D eigenvalue weighted by Gasteiger charge is 2.25. The Morgan fingerprint density at radius 2 is 0.883 bits per heavy atom. The Kier molecular flexibility index (Phi) is 7.74. The van der Waals surface area contributed by atoms with Crippen LogP contribution in [0.15, 0.2) is 205 Å². The van der Waals surface area contributed by atoms with Crippen molar-refractivity contribution in [1.82, 2.24) is 24.5 Å². The second kappa shape index (κ2) is 13.7. The maximum atomic E-state index is 7.09. The lowest BCUT2D eigenvalue weighted by atomic mass is 9.98. The molecule has 0 amide bonds. The molecule has 0 N–H and O–H groups in total. The molecule has 12 aromatic rings. The molecule has 0 radical (unpaired) electrons. The highest BCUT2D eigenvalue weighted by Crippen LogP contribution is 2.45. The van der Waals surface area contributed by atoms with Crippen LogP contribution in [0.5, 0.6) is 0 Å². The summed E-state index contributed by atoms with van der Waals surface area (Å²) in [7, 11) is 0. The van der Waals surface area contributed by atoms with Gasteiger partial charge in [0.05, 0.1) is 16.4 Å². The lowest BCUT2D eigenvalue weighted by Crippen LogP contribution is -2.00. The van der Waals surface area contributed by atoms with E-state index in [1.807, 2.05) is 60.7 Å². The summed E-state index contributed by atoms with van der Waals surface area (Å²) in [4.78, 5) is 20.0. The molecule has 0 bridgehead atoms. The van der Waals surface area contributed by atoms with E-state index >= 15 is 0 Å². The number of nitrogens with zero attached hydrogens (tertiary/aromatic N) is 5. The molecular weight excluding hydrogens is 735 g/mol. The fourth-order valence-corrected chi connectivity index (χ4v) is 8.62. The van der Waals surface area contributed by atoms with Crippen LogP contribution in [-0.2, 0) is 0 Å². The molecule has 4 heterocycles. The fraction of sp³-hybridized carbons (Fsp3) is 0. The molecule has 6 nitrogen and oxygen atoms in total. The summed E-state index contributed by atoms with van der Waals surface area (Å²) in [5.74, 6) is 1.92. The Labute approximate surface area is 344 Å². The summed E-state index contributed by atoms with van der Waals surface area (Å²) in [5, 5.41) is 6.68. The standard InChI is InChI=1S/C54H33N5O/c1-3-15-37(16-4-1)51-56-52(38-17-5-2-6-18-38)58-53(57-51)39-28-26-34(27-29-39)35-30-32-40(33-31-35)59-46-25-12-10-22-44(46)48-47-43-21-9-11-24-45(43)55-49(50(47)60-54(48)59)42-23-13-19-36-14-7-8-20-41(36)42/h1-33H. The van der Waals surface area contributed by atoms with E-state index in [2.05, 4.69) is 144 Å².